The van der Waals surface area contributed by atoms with Crippen molar-refractivity contribution in [3.63, 3.8) is 0 Å². The van der Waals surface area contributed by atoms with Crippen molar-refractivity contribution >= 4 is 23.1 Å². The van der Waals surface area contributed by atoms with Crippen molar-refractivity contribution in [3.05, 3.63) is 33.7 Å². The van der Waals surface area contributed by atoms with Gasteiger partial charge in [0.25, 0.3) is 0 Å². The van der Waals surface area contributed by atoms with Crippen LogP contribution in [0.2, 0.25) is 0 Å². The molecule has 1 aliphatic carbocycles. The largest absolute Gasteiger partial charge is 0.476 e. The third kappa shape index (κ3) is 3.00. The molecular formula is C17H20N4O2S. The quantitative estimate of drug-likeness (QED) is 0.922. The van der Waals surface area contributed by atoms with Crippen LogP contribution in [-0.2, 0) is 12.8 Å². The van der Waals surface area contributed by atoms with Crippen LogP contribution in [0.3, 0.4) is 0 Å². The molecule has 24 heavy (non-hydrogen) atoms. The predicted molar refractivity (Wildman–Crippen MR) is 91.9 cm³/mol. The van der Waals surface area contributed by atoms with Crippen molar-refractivity contribution in [2.45, 2.75) is 44.4 Å². The summed E-state index contributed by atoms with van der Waals surface area (Å²) in [5, 5.41) is 10.2. The molecule has 0 saturated carbocycles. The number of aromatic carboxylic acids is 1. The first kappa shape index (κ1) is 15.5. The zero-order valence-electron chi connectivity index (χ0n) is 13.4. The molecule has 7 heteroatoms. The number of nitrogens with zero attached hydrogens (tertiary/aromatic N) is 4. The normalized spacial score (nSPS) is 18.4. The Morgan fingerprint density at radius 2 is 1.96 bits per heavy atom. The number of aryl methyl sites for hydroxylation is 2. The Morgan fingerprint density at radius 1 is 1.17 bits per heavy atom. The van der Waals surface area contributed by atoms with E-state index in [0.717, 1.165) is 38.2 Å². The van der Waals surface area contributed by atoms with Gasteiger partial charge in [0.1, 0.15) is 5.82 Å². The molecule has 0 unspecified atom stereocenters. The standard InChI is InChI=1S/C17H20N4O2S/c22-17(23)13-9-19-15(10-18-13)21-7-5-11(6-8-21)16-20-12-3-1-2-4-14(12)24-16/h9-11H,1-8H2,(H,22,23). The van der Waals surface area contributed by atoms with Gasteiger partial charge in [-0.3, -0.25) is 0 Å². The number of carboxylic acids is 1. The van der Waals surface area contributed by atoms with E-state index in [-0.39, 0.29) is 5.69 Å². The van der Waals surface area contributed by atoms with Crippen molar-refractivity contribution in [2.75, 3.05) is 18.0 Å². The highest BCUT2D eigenvalue weighted by atomic mass is 32.1. The highest BCUT2D eigenvalue weighted by molar-refractivity contribution is 7.11. The second-order valence-electron chi connectivity index (χ2n) is 6.46. The molecule has 0 atom stereocenters. The van der Waals surface area contributed by atoms with Crippen molar-refractivity contribution < 1.29 is 9.90 Å². The topological polar surface area (TPSA) is 79.2 Å². The van der Waals surface area contributed by atoms with Gasteiger partial charge in [-0.2, -0.15) is 0 Å². The zero-order valence-corrected chi connectivity index (χ0v) is 14.3. The van der Waals surface area contributed by atoms with Crippen LogP contribution in [0.1, 0.15) is 57.7 Å². The first-order chi connectivity index (χ1) is 11.7. The van der Waals surface area contributed by atoms with E-state index >= 15 is 0 Å². The van der Waals surface area contributed by atoms with E-state index in [2.05, 4.69) is 14.9 Å². The number of rotatable bonds is 3. The van der Waals surface area contributed by atoms with Crippen molar-refractivity contribution in [1.82, 2.24) is 15.0 Å². The number of carbonyl (C=O) groups is 1. The Kier molecular flexibility index (Phi) is 4.18. The number of fused-ring (bicyclic) bond motifs is 1. The van der Waals surface area contributed by atoms with E-state index in [0.29, 0.717) is 5.92 Å². The summed E-state index contributed by atoms with van der Waals surface area (Å²) in [5.74, 6) is 0.264. The van der Waals surface area contributed by atoms with Gasteiger partial charge in [-0.15, -0.1) is 11.3 Å². The van der Waals surface area contributed by atoms with Gasteiger partial charge in [0.05, 0.1) is 23.1 Å². The first-order valence-corrected chi connectivity index (χ1v) is 9.31. The van der Waals surface area contributed by atoms with E-state index in [1.165, 1.54) is 41.0 Å². The van der Waals surface area contributed by atoms with Crippen LogP contribution in [0.4, 0.5) is 5.82 Å². The molecule has 1 fully saturated rings. The van der Waals surface area contributed by atoms with E-state index in [1.54, 1.807) is 6.20 Å². The van der Waals surface area contributed by atoms with Gasteiger partial charge in [-0.1, -0.05) is 0 Å². The monoisotopic (exact) mass is 344 g/mol. The molecule has 1 aliphatic heterocycles. The van der Waals surface area contributed by atoms with Gasteiger partial charge in [-0.25, -0.2) is 19.7 Å². The van der Waals surface area contributed by atoms with Crippen LogP contribution in [0.5, 0.6) is 0 Å². The Morgan fingerprint density at radius 3 is 2.62 bits per heavy atom. The highest BCUT2D eigenvalue weighted by Gasteiger charge is 2.26. The van der Waals surface area contributed by atoms with Gasteiger partial charge in [0.15, 0.2) is 5.69 Å². The molecule has 4 rings (SSSR count). The van der Waals surface area contributed by atoms with E-state index in [4.69, 9.17) is 10.1 Å². The van der Waals surface area contributed by atoms with Crippen molar-refractivity contribution in [3.8, 4) is 0 Å². The number of aromatic nitrogens is 3. The van der Waals surface area contributed by atoms with E-state index in [9.17, 15) is 4.79 Å². The summed E-state index contributed by atoms with van der Waals surface area (Å²) in [4.78, 5) is 27.7. The van der Waals surface area contributed by atoms with E-state index < -0.39 is 5.97 Å². The molecule has 1 saturated heterocycles. The molecule has 126 valence electrons. The van der Waals surface area contributed by atoms with Gasteiger partial charge < -0.3 is 10.0 Å². The molecule has 3 heterocycles. The molecule has 0 amide bonds. The smallest absolute Gasteiger partial charge is 0.356 e. The molecule has 0 radical (unpaired) electrons. The molecule has 1 N–H and O–H groups in total. The van der Waals surface area contributed by atoms with Crippen LogP contribution in [0.25, 0.3) is 0 Å². The van der Waals surface area contributed by atoms with Crippen molar-refractivity contribution in [1.29, 1.82) is 0 Å². The van der Waals surface area contributed by atoms with Crippen LogP contribution in [0.15, 0.2) is 12.4 Å². The van der Waals surface area contributed by atoms with Crippen LogP contribution in [-0.4, -0.2) is 39.1 Å². The number of thiazole rings is 1. The lowest BCUT2D eigenvalue weighted by Gasteiger charge is -2.31. The molecular weight excluding hydrogens is 324 g/mol. The second kappa shape index (κ2) is 6.47. The molecule has 6 nitrogen and oxygen atoms in total. The van der Waals surface area contributed by atoms with Crippen LogP contribution >= 0.6 is 11.3 Å². The maximum Gasteiger partial charge on any atom is 0.356 e. The summed E-state index contributed by atoms with van der Waals surface area (Å²) < 4.78 is 0. The minimum atomic E-state index is -1.04. The molecule has 2 aromatic rings. The summed E-state index contributed by atoms with van der Waals surface area (Å²) >= 11 is 1.92. The third-order valence-corrected chi connectivity index (χ3v) is 6.21. The molecule has 0 aromatic carbocycles. The Balaban J connectivity index is 1.41. The maximum atomic E-state index is 10.8. The minimum Gasteiger partial charge on any atom is -0.476 e. The molecule has 0 spiro atoms. The Bertz CT molecular complexity index is 712. The third-order valence-electron chi connectivity index (χ3n) is 4.89. The fraction of sp³-hybridized carbons (Fsp3) is 0.529. The maximum absolute atomic E-state index is 10.8. The number of hydrogen-bond donors (Lipinski definition) is 1. The van der Waals surface area contributed by atoms with Gasteiger partial charge in [0.2, 0.25) is 0 Å². The zero-order chi connectivity index (χ0) is 16.5. The van der Waals surface area contributed by atoms with E-state index in [1.807, 2.05) is 11.3 Å². The highest BCUT2D eigenvalue weighted by Crippen LogP contribution is 2.35. The van der Waals surface area contributed by atoms with Crippen molar-refractivity contribution in [2.24, 2.45) is 0 Å². The average Bonchev–Trinajstić information content (AvgIpc) is 3.06. The summed E-state index contributed by atoms with van der Waals surface area (Å²) in [6, 6.07) is 0. The first-order valence-electron chi connectivity index (χ1n) is 8.49. The lowest BCUT2D eigenvalue weighted by atomic mass is 9.97. The minimum absolute atomic E-state index is 0.0120. The Labute approximate surface area is 144 Å². The molecule has 2 aliphatic rings. The summed E-state index contributed by atoms with van der Waals surface area (Å²) in [6.07, 6.45) is 9.96. The number of piperidine rings is 1. The average molecular weight is 344 g/mol. The second-order valence-corrected chi connectivity index (χ2v) is 7.57. The number of carboxylic acid groups (broad SMARTS) is 1. The lowest BCUT2D eigenvalue weighted by molar-refractivity contribution is 0.0690. The van der Waals surface area contributed by atoms with Gasteiger partial charge in [0, 0.05) is 23.9 Å². The predicted octanol–water partition coefficient (Wildman–Crippen LogP) is 2.89. The number of anilines is 1. The van der Waals surface area contributed by atoms with Crippen LogP contribution < -0.4 is 4.90 Å². The van der Waals surface area contributed by atoms with Gasteiger partial charge >= 0.3 is 5.97 Å². The molecule has 2 aromatic heterocycles. The SMILES string of the molecule is O=C(O)c1cnc(N2CCC(c3nc4c(s3)CCCC4)CC2)cn1. The lowest BCUT2D eigenvalue weighted by Crippen LogP contribution is -2.33. The molecule has 0 bridgehead atoms. The summed E-state index contributed by atoms with van der Waals surface area (Å²) in [5.41, 5.74) is 1.33. The fourth-order valence-electron chi connectivity index (χ4n) is 3.50. The summed E-state index contributed by atoms with van der Waals surface area (Å²) in [6.45, 7) is 1.83. The Hall–Kier alpha value is -2.02. The van der Waals surface area contributed by atoms with Gasteiger partial charge in [-0.05, 0) is 38.5 Å². The number of hydrogen-bond acceptors (Lipinski definition) is 6. The van der Waals surface area contributed by atoms with Crippen LogP contribution in [0, 0.1) is 0 Å². The summed E-state index contributed by atoms with van der Waals surface area (Å²) in [7, 11) is 0. The fourth-order valence-corrected chi connectivity index (χ4v) is 4.82.